The zero-order chi connectivity index (χ0) is 22.1. The Hall–Kier alpha value is -1.74. The number of rotatable bonds is 7. The highest BCUT2D eigenvalue weighted by atomic mass is 32.2. The molecule has 6 nitrogen and oxygen atoms in total. The molecule has 168 valence electrons. The molecule has 2 heterocycles. The van der Waals surface area contributed by atoms with E-state index in [1.807, 2.05) is 25.1 Å². The van der Waals surface area contributed by atoms with Crippen molar-refractivity contribution in [1.29, 1.82) is 0 Å². The van der Waals surface area contributed by atoms with Crippen molar-refractivity contribution in [3.8, 4) is 0 Å². The van der Waals surface area contributed by atoms with Gasteiger partial charge in [-0.15, -0.1) is 0 Å². The number of hydrogen-bond acceptors (Lipinski definition) is 6. The van der Waals surface area contributed by atoms with Crippen molar-refractivity contribution in [3.05, 3.63) is 65.7 Å². The first-order chi connectivity index (χ1) is 14.8. The molecule has 0 aromatic heterocycles. The zero-order valence-electron chi connectivity index (χ0n) is 17.8. The molecule has 31 heavy (non-hydrogen) atoms. The van der Waals surface area contributed by atoms with E-state index in [9.17, 15) is 16.8 Å². The van der Waals surface area contributed by atoms with Crippen LogP contribution in [-0.2, 0) is 19.7 Å². The van der Waals surface area contributed by atoms with E-state index in [0.717, 1.165) is 37.1 Å². The van der Waals surface area contributed by atoms with Gasteiger partial charge in [-0.3, -0.25) is 4.90 Å². The summed E-state index contributed by atoms with van der Waals surface area (Å²) in [6.45, 7) is 4.40. The van der Waals surface area contributed by atoms with Gasteiger partial charge in [0.25, 0.3) is 0 Å². The molecule has 2 aliphatic rings. The van der Waals surface area contributed by atoms with Gasteiger partial charge in [-0.2, -0.15) is 0 Å². The number of aryl methyl sites for hydroxylation is 1. The average molecular weight is 463 g/mol. The first-order valence-corrected chi connectivity index (χ1v) is 14.2. The fraction of sp³-hybridized carbons (Fsp3) is 0.478. The van der Waals surface area contributed by atoms with Gasteiger partial charge < -0.3 is 5.32 Å². The normalized spacial score (nSPS) is 24.9. The minimum absolute atomic E-state index is 0.0923. The number of sulfone groups is 2. The lowest BCUT2D eigenvalue weighted by molar-refractivity contribution is 0.234. The van der Waals surface area contributed by atoms with Gasteiger partial charge in [0.2, 0.25) is 0 Å². The van der Waals surface area contributed by atoms with Crippen molar-refractivity contribution >= 4 is 19.7 Å². The SMILES string of the molecule is Cc1ccc(S(=O)(=O)[C@H]2CS(=O)(=O)C[C@@H]2NCC(c2ccccc2)N2CCCC2)cc1. The maximum atomic E-state index is 13.3. The molecular weight excluding hydrogens is 432 g/mol. The molecule has 2 saturated heterocycles. The predicted molar refractivity (Wildman–Crippen MR) is 123 cm³/mol. The molecule has 1 unspecified atom stereocenters. The molecule has 2 fully saturated rings. The zero-order valence-corrected chi connectivity index (χ0v) is 19.4. The molecule has 0 radical (unpaired) electrons. The summed E-state index contributed by atoms with van der Waals surface area (Å²) in [6.07, 6.45) is 2.29. The number of likely N-dealkylation sites (tertiary alicyclic amines) is 1. The lowest BCUT2D eigenvalue weighted by Gasteiger charge is -2.30. The largest absolute Gasteiger partial charge is 0.310 e. The Morgan fingerprint density at radius 3 is 2.29 bits per heavy atom. The van der Waals surface area contributed by atoms with Crippen molar-refractivity contribution in [2.75, 3.05) is 31.1 Å². The van der Waals surface area contributed by atoms with Gasteiger partial charge in [0.1, 0.15) is 0 Å². The monoisotopic (exact) mass is 462 g/mol. The first-order valence-electron chi connectivity index (χ1n) is 10.8. The van der Waals surface area contributed by atoms with E-state index in [1.165, 1.54) is 0 Å². The van der Waals surface area contributed by atoms with Gasteiger partial charge in [-0.05, 0) is 50.6 Å². The summed E-state index contributed by atoms with van der Waals surface area (Å²) in [5.74, 6) is -0.481. The van der Waals surface area contributed by atoms with Crippen LogP contribution in [0.15, 0.2) is 59.5 Å². The second-order valence-electron chi connectivity index (χ2n) is 8.66. The van der Waals surface area contributed by atoms with E-state index in [-0.39, 0.29) is 22.4 Å². The molecule has 8 heteroatoms. The fourth-order valence-electron chi connectivity index (χ4n) is 4.66. The standard InChI is InChI=1S/C23H30N2O4S2/c1-18-9-11-20(12-10-18)31(28,29)23-17-30(26,27)16-21(23)24-15-22(25-13-5-6-14-25)19-7-3-2-4-8-19/h2-4,7-12,21-24H,5-6,13-17H2,1H3/t21-,22?,23-/m0/s1. The Kier molecular flexibility index (Phi) is 6.53. The Balaban J connectivity index is 1.57. The predicted octanol–water partition coefficient (Wildman–Crippen LogP) is 2.36. The molecular formula is C23H30N2O4S2. The van der Waals surface area contributed by atoms with E-state index in [0.29, 0.717) is 6.54 Å². The number of hydrogen-bond donors (Lipinski definition) is 1. The number of nitrogens with zero attached hydrogens (tertiary/aromatic N) is 1. The molecule has 0 saturated carbocycles. The summed E-state index contributed by atoms with van der Waals surface area (Å²) >= 11 is 0. The van der Waals surface area contributed by atoms with Crippen LogP contribution in [0.1, 0.15) is 30.0 Å². The van der Waals surface area contributed by atoms with Crippen LogP contribution in [0, 0.1) is 6.92 Å². The van der Waals surface area contributed by atoms with E-state index >= 15 is 0 Å². The Morgan fingerprint density at radius 2 is 1.65 bits per heavy atom. The first kappa shape index (κ1) is 22.5. The summed E-state index contributed by atoms with van der Waals surface area (Å²) in [6, 6.07) is 16.3. The maximum absolute atomic E-state index is 13.3. The van der Waals surface area contributed by atoms with E-state index in [4.69, 9.17) is 0 Å². The van der Waals surface area contributed by atoms with E-state index in [2.05, 4.69) is 22.3 Å². The third-order valence-electron chi connectivity index (χ3n) is 6.39. The van der Waals surface area contributed by atoms with E-state index in [1.54, 1.807) is 24.3 Å². The Morgan fingerprint density at radius 1 is 1.00 bits per heavy atom. The summed E-state index contributed by atoms with van der Waals surface area (Å²) in [5, 5.41) is 2.37. The highest BCUT2D eigenvalue weighted by molar-refractivity contribution is 7.96. The van der Waals surface area contributed by atoms with Crippen LogP contribution in [0.25, 0.3) is 0 Å². The highest BCUT2D eigenvalue weighted by Gasteiger charge is 2.46. The quantitative estimate of drug-likeness (QED) is 0.680. The van der Waals surface area contributed by atoms with Crippen molar-refractivity contribution in [2.24, 2.45) is 0 Å². The molecule has 0 aliphatic carbocycles. The molecule has 2 aromatic rings. The Labute approximate surface area is 185 Å². The van der Waals surface area contributed by atoms with Gasteiger partial charge in [-0.25, -0.2) is 16.8 Å². The minimum atomic E-state index is -3.76. The molecule has 0 bridgehead atoms. The molecule has 0 spiro atoms. The summed E-state index contributed by atoms with van der Waals surface area (Å²) in [5.41, 5.74) is 2.12. The second-order valence-corrected chi connectivity index (χ2v) is 13.0. The van der Waals surface area contributed by atoms with E-state index < -0.39 is 31.0 Å². The highest BCUT2D eigenvalue weighted by Crippen LogP contribution is 2.28. The average Bonchev–Trinajstić information content (AvgIpc) is 3.37. The van der Waals surface area contributed by atoms with Crippen molar-refractivity contribution < 1.29 is 16.8 Å². The van der Waals surface area contributed by atoms with Gasteiger partial charge >= 0.3 is 0 Å². The third-order valence-corrected chi connectivity index (χ3v) is 10.6. The number of benzene rings is 2. The topological polar surface area (TPSA) is 83.5 Å². The van der Waals surface area contributed by atoms with Crippen LogP contribution in [0.4, 0.5) is 0 Å². The maximum Gasteiger partial charge on any atom is 0.183 e. The van der Waals surface area contributed by atoms with Crippen molar-refractivity contribution in [1.82, 2.24) is 10.2 Å². The van der Waals surface area contributed by atoms with Crippen molar-refractivity contribution in [3.63, 3.8) is 0 Å². The summed E-state index contributed by atoms with van der Waals surface area (Å²) in [4.78, 5) is 2.58. The fourth-order valence-corrected chi connectivity index (χ4v) is 9.38. The van der Waals surface area contributed by atoms with Crippen LogP contribution in [0.5, 0.6) is 0 Å². The summed E-state index contributed by atoms with van der Waals surface area (Å²) < 4.78 is 51.5. The molecule has 1 N–H and O–H groups in total. The lowest BCUT2D eigenvalue weighted by Crippen LogP contribution is -2.46. The second kappa shape index (κ2) is 9.02. The van der Waals surface area contributed by atoms with Crippen LogP contribution < -0.4 is 5.32 Å². The van der Waals surface area contributed by atoms with Crippen LogP contribution in [0.3, 0.4) is 0 Å². The lowest BCUT2D eigenvalue weighted by atomic mass is 10.0. The smallest absolute Gasteiger partial charge is 0.183 e. The Bertz CT molecular complexity index is 1090. The van der Waals surface area contributed by atoms with Gasteiger partial charge in [0, 0.05) is 18.6 Å². The van der Waals surface area contributed by atoms with Gasteiger partial charge in [0.05, 0.1) is 21.7 Å². The molecule has 4 rings (SSSR count). The third kappa shape index (κ3) is 5.03. The minimum Gasteiger partial charge on any atom is -0.310 e. The van der Waals surface area contributed by atoms with Gasteiger partial charge in [0.15, 0.2) is 19.7 Å². The van der Waals surface area contributed by atoms with Crippen LogP contribution >= 0.6 is 0 Å². The van der Waals surface area contributed by atoms with Crippen LogP contribution in [-0.4, -0.2) is 64.2 Å². The molecule has 3 atom stereocenters. The summed E-state index contributed by atoms with van der Waals surface area (Å²) in [7, 11) is -7.19. The number of nitrogens with one attached hydrogen (secondary N) is 1. The molecule has 2 aliphatic heterocycles. The molecule has 2 aromatic carbocycles. The van der Waals surface area contributed by atoms with Gasteiger partial charge in [-0.1, -0.05) is 48.0 Å². The van der Waals surface area contributed by atoms with Crippen molar-refractivity contribution in [2.45, 2.75) is 42.0 Å². The van der Waals surface area contributed by atoms with Crippen LogP contribution in [0.2, 0.25) is 0 Å². The molecule has 0 amide bonds.